The van der Waals surface area contributed by atoms with Gasteiger partial charge >= 0.3 is 0 Å². The van der Waals surface area contributed by atoms with E-state index >= 15 is 0 Å². The van der Waals surface area contributed by atoms with Crippen molar-refractivity contribution in [1.82, 2.24) is 10.0 Å². The summed E-state index contributed by atoms with van der Waals surface area (Å²) in [6.45, 7) is 3.95. The Hall–Kier alpha value is -2.12. The number of sulfonamides is 1. The van der Waals surface area contributed by atoms with Crippen LogP contribution in [0.25, 0.3) is 0 Å². The van der Waals surface area contributed by atoms with Gasteiger partial charge in [0, 0.05) is 13.1 Å². The minimum atomic E-state index is -3.58. The molecule has 0 atom stereocenters. The number of hydrogen-bond acceptors (Lipinski definition) is 4. The molecule has 0 fully saturated rings. The first-order chi connectivity index (χ1) is 10.9. The van der Waals surface area contributed by atoms with Crippen molar-refractivity contribution in [3.8, 4) is 0 Å². The maximum absolute atomic E-state index is 12.3. The number of carbonyl (C=O) groups excluding carboxylic acids is 1. The number of benzene rings is 1. The zero-order valence-electron chi connectivity index (χ0n) is 13.1. The van der Waals surface area contributed by atoms with Gasteiger partial charge in [0.15, 0.2) is 0 Å². The fourth-order valence-electron chi connectivity index (χ4n) is 2.10. The van der Waals surface area contributed by atoms with Crippen molar-refractivity contribution in [2.75, 3.05) is 13.1 Å². The van der Waals surface area contributed by atoms with Crippen molar-refractivity contribution in [2.24, 2.45) is 0 Å². The minimum Gasteiger partial charge on any atom is -0.472 e. The Morgan fingerprint density at radius 2 is 1.96 bits per heavy atom. The van der Waals surface area contributed by atoms with Gasteiger partial charge in [0.2, 0.25) is 15.9 Å². The molecule has 0 saturated carbocycles. The molecule has 0 aliphatic heterocycles. The summed E-state index contributed by atoms with van der Waals surface area (Å²) in [5, 5.41) is 2.66. The molecule has 0 radical (unpaired) electrons. The van der Waals surface area contributed by atoms with Crippen LogP contribution in [0, 0.1) is 13.8 Å². The summed E-state index contributed by atoms with van der Waals surface area (Å²) in [5.74, 6) is -0.183. The molecule has 2 aromatic rings. The normalized spacial score (nSPS) is 11.4. The Kier molecular flexibility index (Phi) is 5.57. The topological polar surface area (TPSA) is 88.4 Å². The summed E-state index contributed by atoms with van der Waals surface area (Å²) in [4.78, 5) is 11.9. The van der Waals surface area contributed by atoms with Crippen LogP contribution in [0.5, 0.6) is 0 Å². The molecule has 0 spiro atoms. The molecule has 1 aromatic carbocycles. The third-order valence-electron chi connectivity index (χ3n) is 3.32. The second-order valence-corrected chi connectivity index (χ2v) is 7.06. The van der Waals surface area contributed by atoms with E-state index in [1.54, 1.807) is 25.1 Å². The molecule has 7 heteroatoms. The van der Waals surface area contributed by atoms with Crippen LogP contribution in [0.2, 0.25) is 0 Å². The summed E-state index contributed by atoms with van der Waals surface area (Å²) < 4.78 is 31.9. The van der Waals surface area contributed by atoms with Crippen molar-refractivity contribution in [1.29, 1.82) is 0 Å². The third kappa shape index (κ3) is 4.94. The molecular formula is C16H20N2O4S. The first-order valence-electron chi connectivity index (χ1n) is 7.23. The van der Waals surface area contributed by atoms with Crippen LogP contribution in [-0.2, 0) is 21.2 Å². The van der Waals surface area contributed by atoms with Crippen molar-refractivity contribution in [3.05, 3.63) is 53.5 Å². The highest BCUT2D eigenvalue weighted by Crippen LogP contribution is 2.16. The SMILES string of the molecule is Cc1ccc(C)c(S(=O)(=O)NCCNC(=O)Cc2ccoc2)c1. The second-order valence-electron chi connectivity index (χ2n) is 5.33. The largest absolute Gasteiger partial charge is 0.472 e. The highest BCUT2D eigenvalue weighted by molar-refractivity contribution is 7.89. The number of furan rings is 1. The number of carbonyl (C=O) groups is 1. The number of aryl methyl sites for hydroxylation is 2. The molecule has 23 heavy (non-hydrogen) atoms. The van der Waals surface area contributed by atoms with Gasteiger partial charge in [0.05, 0.1) is 23.8 Å². The smallest absolute Gasteiger partial charge is 0.240 e. The number of hydrogen-bond donors (Lipinski definition) is 2. The van der Waals surface area contributed by atoms with Crippen molar-refractivity contribution < 1.29 is 17.6 Å². The zero-order valence-corrected chi connectivity index (χ0v) is 13.9. The molecule has 0 unspecified atom stereocenters. The van der Waals surface area contributed by atoms with Gasteiger partial charge in [0.25, 0.3) is 0 Å². The molecule has 2 rings (SSSR count). The molecular weight excluding hydrogens is 316 g/mol. The summed E-state index contributed by atoms with van der Waals surface area (Å²) in [6.07, 6.45) is 3.21. The van der Waals surface area contributed by atoms with Crippen LogP contribution < -0.4 is 10.0 Å². The molecule has 1 amide bonds. The maximum atomic E-state index is 12.3. The number of amides is 1. The molecule has 0 aliphatic rings. The lowest BCUT2D eigenvalue weighted by molar-refractivity contribution is -0.120. The highest BCUT2D eigenvalue weighted by atomic mass is 32.2. The molecule has 1 heterocycles. The second kappa shape index (κ2) is 7.43. The predicted molar refractivity (Wildman–Crippen MR) is 86.5 cm³/mol. The van der Waals surface area contributed by atoms with Crippen LogP contribution in [0.15, 0.2) is 46.1 Å². The zero-order chi connectivity index (χ0) is 16.9. The fourth-order valence-corrected chi connectivity index (χ4v) is 3.46. The van der Waals surface area contributed by atoms with E-state index < -0.39 is 10.0 Å². The molecule has 6 nitrogen and oxygen atoms in total. The van der Waals surface area contributed by atoms with Gasteiger partial charge in [-0.25, -0.2) is 13.1 Å². The standard InChI is InChI=1S/C16H20N2O4S/c1-12-3-4-13(2)15(9-12)23(20,21)18-7-6-17-16(19)10-14-5-8-22-11-14/h3-5,8-9,11,18H,6-7,10H2,1-2H3,(H,17,19). The van der Waals surface area contributed by atoms with Crippen LogP contribution in [0.3, 0.4) is 0 Å². The lowest BCUT2D eigenvalue weighted by Gasteiger charge is -2.10. The van der Waals surface area contributed by atoms with Gasteiger partial charge in [-0.2, -0.15) is 0 Å². The molecule has 124 valence electrons. The first-order valence-corrected chi connectivity index (χ1v) is 8.71. The Labute approximate surface area is 135 Å². The monoisotopic (exact) mass is 336 g/mol. The molecule has 0 aliphatic carbocycles. The lowest BCUT2D eigenvalue weighted by atomic mass is 10.2. The third-order valence-corrected chi connectivity index (χ3v) is 4.92. The van der Waals surface area contributed by atoms with Crippen molar-refractivity contribution in [2.45, 2.75) is 25.2 Å². The van der Waals surface area contributed by atoms with Gasteiger partial charge in [0.1, 0.15) is 0 Å². The highest BCUT2D eigenvalue weighted by Gasteiger charge is 2.16. The predicted octanol–water partition coefficient (Wildman–Crippen LogP) is 1.53. The molecule has 1 aromatic heterocycles. The van der Waals surface area contributed by atoms with E-state index in [4.69, 9.17) is 4.42 Å². The van der Waals surface area contributed by atoms with Crippen molar-refractivity contribution in [3.63, 3.8) is 0 Å². The first kappa shape index (κ1) is 17.2. The Morgan fingerprint density at radius 1 is 1.17 bits per heavy atom. The van der Waals surface area contributed by atoms with E-state index in [-0.39, 0.29) is 30.3 Å². The number of rotatable bonds is 7. The van der Waals surface area contributed by atoms with E-state index in [1.165, 1.54) is 12.5 Å². The van der Waals surface area contributed by atoms with Crippen LogP contribution in [-0.4, -0.2) is 27.4 Å². The van der Waals surface area contributed by atoms with Crippen LogP contribution in [0.1, 0.15) is 16.7 Å². The Balaban J connectivity index is 1.83. The van der Waals surface area contributed by atoms with Gasteiger partial charge < -0.3 is 9.73 Å². The summed E-state index contributed by atoms with van der Waals surface area (Å²) in [6, 6.07) is 6.99. The van der Waals surface area contributed by atoms with Crippen LogP contribution in [0.4, 0.5) is 0 Å². The molecule has 0 bridgehead atoms. The van der Waals surface area contributed by atoms with Gasteiger partial charge in [-0.3, -0.25) is 4.79 Å². The average Bonchev–Trinajstić information content (AvgIpc) is 2.99. The van der Waals surface area contributed by atoms with Gasteiger partial charge in [-0.15, -0.1) is 0 Å². The number of nitrogens with one attached hydrogen (secondary N) is 2. The van der Waals surface area contributed by atoms with E-state index in [2.05, 4.69) is 10.0 Å². The minimum absolute atomic E-state index is 0.132. The summed E-state index contributed by atoms with van der Waals surface area (Å²) in [7, 11) is -3.58. The summed E-state index contributed by atoms with van der Waals surface area (Å²) >= 11 is 0. The van der Waals surface area contributed by atoms with E-state index in [0.29, 0.717) is 5.56 Å². The van der Waals surface area contributed by atoms with Gasteiger partial charge in [-0.1, -0.05) is 12.1 Å². The molecule has 2 N–H and O–H groups in total. The Bertz CT molecular complexity index is 767. The molecule has 0 saturated heterocycles. The van der Waals surface area contributed by atoms with E-state index in [0.717, 1.165) is 11.1 Å². The fraction of sp³-hybridized carbons (Fsp3) is 0.312. The maximum Gasteiger partial charge on any atom is 0.240 e. The van der Waals surface area contributed by atoms with Crippen molar-refractivity contribution >= 4 is 15.9 Å². The van der Waals surface area contributed by atoms with E-state index in [1.807, 2.05) is 13.0 Å². The van der Waals surface area contributed by atoms with E-state index in [9.17, 15) is 13.2 Å². The lowest BCUT2D eigenvalue weighted by Crippen LogP contribution is -2.35. The average molecular weight is 336 g/mol. The Morgan fingerprint density at radius 3 is 2.65 bits per heavy atom. The summed E-state index contributed by atoms with van der Waals surface area (Å²) in [5.41, 5.74) is 2.34. The quantitative estimate of drug-likeness (QED) is 0.751. The van der Waals surface area contributed by atoms with Crippen LogP contribution >= 0.6 is 0 Å². The van der Waals surface area contributed by atoms with Gasteiger partial charge in [-0.05, 0) is 42.7 Å².